The molecule has 0 aromatic carbocycles. The zero-order chi connectivity index (χ0) is 5.70. The second-order valence-electron chi connectivity index (χ2n) is 0.556. The van der Waals surface area contributed by atoms with Crippen molar-refractivity contribution in [1.82, 2.24) is 0 Å². The predicted octanol–water partition coefficient (Wildman–Crippen LogP) is 0.672. The molecule has 0 rings (SSSR count). The van der Waals surface area contributed by atoms with E-state index >= 15 is 0 Å². The van der Waals surface area contributed by atoms with E-state index in [9.17, 15) is 13.6 Å². The van der Waals surface area contributed by atoms with E-state index in [1.165, 1.54) is 0 Å². The Labute approximate surface area is 53.4 Å². The second-order valence-corrected chi connectivity index (χ2v) is 0.556. The molecule has 0 unspecified atom stereocenters. The van der Waals surface area contributed by atoms with E-state index in [-0.39, 0.29) is 17.1 Å². The smallest absolute Gasteiger partial charge is 0.185 e. The van der Waals surface area contributed by atoms with Crippen LogP contribution in [0.5, 0.6) is 0 Å². The van der Waals surface area contributed by atoms with Crippen LogP contribution in [-0.2, 0) is 31.6 Å². The number of rotatable bonds is 3. The molecule has 0 heterocycles. The molecule has 3 nitrogen and oxygen atoms in total. The van der Waals surface area contributed by atoms with E-state index in [0.29, 0.717) is 0 Å². The molecular weight excluding hydrogens is 179 g/mol. The van der Waals surface area contributed by atoms with Gasteiger partial charge >= 0.3 is 7.32 Å². The Hall–Kier alpha value is 0.254. The Balaban J connectivity index is 0. The maximum Gasteiger partial charge on any atom is 0.737 e. The fourth-order valence-corrected chi connectivity index (χ4v) is 0.0412. The van der Waals surface area contributed by atoms with Gasteiger partial charge in [-0.3, -0.25) is 0 Å². The van der Waals surface area contributed by atoms with Crippen molar-refractivity contribution in [3.8, 4) is 0 Å². The predicted molar refractivity (Wildman–Crippen MR) is 12.3 cm³/mol. The summed E-state index contributed by atoms with van der Waals surface area (Å²) in [5, 5.41) is 0. The normalized spacial score (nSPS) is 7.88. The third kappa shape index (κ3) is 4.41. The topological polar surface area (TPSA) is 27.7 Å². The van der Waals surface area contributed by atoms with Crippen LogP contribution in [0.25, 0.3) is 0 Å². The minimum atomic E-state index is -2.51. The molecule has 0 aromatic rings. The van der Waals surface area contributed by atoms with Gasteiger partial charge in [0, 0.05) is 17.1 Å². The summed E-state index contributed by atoms with van der Waals surface area (Å²) in [6.45, 7) is 0. The molecule has 8 heteroatoms. The summed E-state index contributed by atoms with van der Waals surface area (Å²) in [5.41, 5.74) is 0. The first-order chi connectivity index (χ1) is 3.35. The summed E-state index contributed by atoms with van der Waals surface area (Å²) in [6.07, 6.45) is 0. The van der Waals surface area contributed by atoms with Gasteiger partial charge in [-0.1, -0.05) is 13.6 Å². The molecule has 0 aliphatic rings. The summed E-state index contributed by atoms with van der Waals surface area (Å²) < 4.78 is 31.3. The maximum absolute atomic E-state index is 10.4. The summed E-state index contributed by atoms with van der Waals surface area (Å²) >= 11 is 0. The van der Waals surface area contributed by atoms with Crippen LogP contribution in [0, 0.1) is 0 Å². The first-order valence-corrected chi connectivity index (χ1v) is 1.17. The summed E-state index contributed by atoms with van der Waals surface area (Å²) in [4.78, 5) is 7.06. The molecule has 0 N–H and O–H groups in total. The fourth-order valence-electron chi connectivity index (χ4n) is 0.0412. The Morgan fingerprint density at radius 1 is 0.875 bits per heavy atom. The van der Waals surface area contributed by atoms with Crippen LogP contribution in [0.3, 0.4) is 0 Å². The number of hydrogen-bond donors (Lipinski definition) is 0. The molecule has 8 heavy (non-hydrogen) atoms. The minimum absolute atomic E-state index is 0. The molecule has 0 saturated heterocycles. The third-order valence-corrected chi connectivity index (χ3v) is 0.218. The van der Waals surface area contributed by atoms with Crippen molar-refractivity contribution in [1.29, 1.82) is 0 Å². The first-order valence-electron chi connectivity index (χ1n) is 1.17. The molecular formula is BCuF3O3. The van der Waals surface area contributed by atoms with E-state index in [1.54, 1.807) is 0 Å². The molecule has 0 bridgehead atoms. The summed E-state index contributed by atoms with van der Waals surface area (Å²) in [5.74, 6) is 0. The molecule has 0 saturated carbocycles. The van der Waals surface area contributed by atoms with Gasteiger partial charge in [0.15, 0.2) is 0 Å². The van der Waals surface area contributed by atoms with Crippen LogP contribution in [0.1, 0.15) is 0 Å². The molecule has 1 radical (unpaired) electrons. The van der Waals surface area contributed by atoms with Crippen molar-refractivity contribution in [3.05, 3.63) is 0 Å². The quantitative estimate of drug-likeness (QED) is 0.596. The van der Waals surface area contributed by atoms with E-state index < -0.39 is 7.32 Å². The molecule has 0 fully saturated rings. The molecule has 0 aromatic heterocycles. The zero-order valence-corrected chi connectivity index (χ0v) is 4.18. The molecule has 0 aliphatic heterocycles. The maximum atomic E-state index is 10.4. The average molecular weight is 179 g/mol. The van der Waals surface area contributed by atoms with Crippen LogP contribution >= 0.6 is 0 Å². The van der Waals surface area contributed by atoms with E-state index in [0.717, 1.165) is 0 Å². The van der Waals surface area contributed by atoms with Crippen molar-refractivity contribution >= 4 is 7.32 Å². The van der Waals surface area contributed by atoms with Crippen molar-refractivity contribution in [2.24, 2.45) is 0 Å². The standard InChI is InChI=1S/BF3O3.Cu/c2-5-1(6-3)7-4;. The minimum Gasteiger partial charge on any atom is -0.185 e. The van der Waals surface area contributed by atoms with Crippen molar-refractivity contribution < 1.29 is 45.2 Å². The molecule has 0 amide bonds. The van der Waals surface area contributed by atoms with Gasteiger partial charge in [0.05, 0.1) is 0 Å². The van der Waals surface area contributed by atoms with Gasteiger partial charge in [-0.2, -0.15) is 14.6 Å². The Morgan fingerprint density at radius 2 is 1.12 bits per heavy atom. The van der Waals surface area contributed by atoms with Gasteiger partial charge in [-0.05, 0) is 0 Å². The van der Waals surface area contributed by atoms with Gasteiger partial charge in [-0.15, -0.1) is 0 Å². The van der Waals surface area contributed by atoms with Gasteiger partial charge in [-0.25, -0.2) is 0 Å². The van der Waals surface area contributed by atoms with E-state index in [1.807, 2.05) is 0 Å². The Morgan fingerprint density at radius 3 is 1.12 bits per heavy atom. The van der Waals surface area contributed by atoms with Crippen LogP contribution in [-0.4, -0.2) is 7.32 Å². The van der Waals surface area contributed by atoms with Gasteiger partial charge in [0.2, 0.25) is 0 Å². The Kier molecular flexibility index (Phi) is 10.1. The number of halogens is 3. The van der Waals surface area contributed by atoms with E-state index in [2.05, 4.69) is 14.6 Å². The SMILES string of the molecule is FOB(OF)OF.[Cu]. The largest absolute Gasteiger partial charge is 0.737 e. The zero-order valence-electron chi connectivity index (χ0n) is 3.24. The number of hydrogen-bond acceptors (Lipinski definition) is 3. The molecule has 0 atom stereocenters. The van der Waals surface area contributed by atoms with Crippen LogP contribution < -0.4 is 0 Å². The van der Waals surface area contributed by atoms with Gasteiger partial charge < -0.3 is 0 Å². The second kappa shape index (κ2) is 7.25. The van der Waals surface area contributed by atoms with Crippen molar-refractivity contribution in [2.75, 3.05) is 0 Å². The molecule has 0 spiro atoms. The van der Waals surface area contributed by atoms with E-state index in [4.69, 9.17) is 0 Å². The monoisotopic (exact) mass is 179 g/mol. The van der Waals surface area contributed by atoms with Gasteiger partial charge in [0.1, 0.15) is 0 Å². The molecule has 53 valence electrons. The fraction of sp³-hybridized carbons (Fsp3) is 0. The summed E-state index contributed by atoms with van der Waals surface area (Å²) in [7, 11) is -2.51. The Bertz CT molecular complexity index is 36.0. The first kappa shape index (κ1) is 11.1. The third-order valence-electron chi connectivity index (χ3n) is 0.218. The van der Waals surface area contributed by atoms with Crippen molar-refractivity contribution in [2.45, 2.75) is 0 Å². The van der Waals surface area contributed by atoms with Crippen molar-refractivity contribution in [3.63, 3.8) is 0 Å². The van der Waals surface area contributed by atoms with Crippen LogP contribution in [0.4, 0.5) is 13.6 Å². The van der Waals surface area contributed by atoms with Crippen LogP contribution in [0.2, 0.25) is 0 Å². The average Bonchev–Trinajstić information content (AvgIpc) is 1.72. The molecule has 0 aliphatic carbocycles. The van der Waals surface area contributed by atoms with Gasteiger partial charge in [0.25, 0.3) is 0 Å². The van der Waals surface area contributed by atoms with Crippen LogP contribution in [0.15, 0.2) is 0 Å². The summed E-state index contributed by atoms with van der Waals surface area (Å²) in [6, 6.07) is 0.